The molecule has 0 heterocycles. The molecule has 0 bridgehead atoms. The lowest BCUT2D eigenvalue weighted by molar-refractivity contribution is -0.134. The Morgan fingerprint density at radius 2 is 1.93 bits per heavy atom. The van der Waals surface area contributed by atoms with Crippen molar-refractivity contribution in [2.75, 3.05) is 0 Å². The van der Waals surface area contributed by atoms with Gasteiger partial charge in [-0.15, -0.1) is 0 Å². The molecule has 1 rings (SSSR count). The third-order valence-electron chi connectivity index (χ3n) is 2.30. The molecule has 1 aromatic rings. The van der Waals surface area contributed by atoms with Gasteiger partial charge in [-0.25, -0.2) is 4.79 Å². The highest BCUT2D eigenvalue weighted by Gasteiger charge is 2.13. The monoisotopic (exact) mass is 208 g/mol. The number of carboxylic acids is 1. The largest absolute Gasteiger partial charge is 0.476 e. The summed E-state index contributed by atoms with van der Waals surface area (Å²) < 4.78 is 13.2. The summed E-state index contributed by atoms with van der Waals surface area (Å²) in [6, 6.07) is 5.47. The van der Waals surface area contributed by atoms with Gasteiger partial charge < -0.3 is 5.11 Å². The second kappa shape index (κ2) is 4.26. The average Bonchev–Trinajstić information content (AvgIpc) is 2.15. The molecule has 0 amide bonds. The standard InChI is InChI=1S/C12H13FO2/c1-7-4-5-10(8(2)6-7)9(3)11(13)12(14)15/h4-6H,1-3H3,(H,14,15). The molecule has 0 fully saturated rings. The summed E-state index contributed by atoms with van der Waals surface area (Å²) in [6.45, 7) is 5.24. The van der Waals surface area contributed by atoms with E-state index in [4.69, 9.17) is 5.11 Å². The number of carboxylic acid groups (broad SMARTS) is 1. The van der Waals surface area contributed by atoms with Crippen molar-refractivity contribution in [1.29, 1.82) is 0 Å². The Kier molecular flexibility index (Phi) is 3.24. The Labute approximate surface area is 88.1 Å². The summed E-state index contributed by atoms with van der Waals surface area (Å²) in [4.78, 5) is 10.5. The van der Waals surface area contributed by atoms with Crippen molar-refractivity contribution in [2.24, 2.45) is 0 Å². The molecule has 0 saturated carbocycles. The van der Waals surface area contributed by atoms with E-state index in [9.17, 15) is 9.18 Å². The van der Waals surface area contributed by atoms with E-state index in [1.54, 1.807) is 6.07 Å². The number of halogens is 1. The minimum Gasteiger partial charge on any atom is -0.476 e. The van der Waals surface area contributed by atoms with E-state index in [1.165, 1.54) is 6.92 Å². The molecule has 0 atom stereocenters. The van der Waals surface area contributed by atoms with Crippen LogP contribution in [-0.2, 0) is 4.79 Å². The van der Waals surface area contributed by atoms with E-state index >= 15 is 0 Å². The van der Waals surface area contributed by atoms with Crippen molar-refractivity contribution < 1.29 is 14.3 Å². The van der Waals surface area contributed by atoms with Crippen molar-refractivity contribution in [3.63, 3.8) is 0 Å². The number of aryl methyl sites for hydroxylation is 2. The summed E-state index contributed by atoms with van der Waals surface area (Å²) in [5.74, 6) is -2.62. The first-order valence-electron chi connectivity index (χ1n) is 4.60. The zero-order chi connectivity index (χ0) is 11.6. The van der Waals surface area contributed by atoms with Crippen molar-refractivity contribution in [3.8, 4) is 0 Å². The van der Waals surface area contributed by atoms with Gasteiger partial charge in [0.25, 0.3) is 0 Å². The minimum absolute atomic E-state index is 0.167. The number of hydrogen-bond acceptors (Lipinski definition) is 1. The first kappa shape index (κ1) is 11.4. The zero-order valence-corrected chi connectivity index (χ0v) is 8.97. The molecule has 0 aliphatic carbocycles. The fourth-order valence-corrected chi connectivity index (χ4v) is 1.51. The van der Waals surface area contributed by atoms with Gasteiger partial charge in [0, 0.05) is 0 Å². The Morgan fingerprint density at radius 1 is 1.33 bits per heavy atom. The molecule has 0 aliphatic rings. The number of rotatable bonds is 2. The maximum atomic E-state index is 13.2. The highest BCUT2D eigenvalue weighted by atomic mass is 19.1. The van der Waals surface area contributed by atoms with Crippen LogP contribution in [0.15, 0.2) is 24.0 Å². The van der Waals surface area contributed by atoms with E-state index in [0.717, 1.165) is 11.1 Å². The average molecular weight is 208 g/mol. The number of hydrogen-bond donors (Lipinski definition) is 1. The van der Waals surface area contributed by atoms with Crippen molar-refractivity contribution in [3.05, 3.63) is 40.7 Å². The fraction of sp³-hybridized carbons (Fsp3) is 0.250. The third kappa shape index (κ3) is 2.43. The normalized spacial score (nSPS) is 12.3. The SMILES string of the molecule is CC(=C(F)C(=O)O)c1ccc(C)cc1C. The van der Waals surface area contributed by atoms with Crippen LogP contribution in [0.2, 0.25) is 0 Å². The van der Waals surface area contributed by atoms with Crippen molar-refractivity contribution in [2.45, 2.75) is 20.8 Å². The van der Waals surface area contributed by atoms with Crippen molar-refractivity contribution >= 4 is 11.5 Å². The fourth-order valence-electron chi connectivity index (χ4n) is 1.51. The Balaban J connectivity index is 3.29. The lowest BCUT2D eigenvalue weighted by atomic mass is 9.99. The number of benzene rings is 1. The molecule has 3 heteroatoms. The van der Waals surface area contributed by atoms with Gasteiger partial charge in [0.1, 0.15) is 0 Å². The molecular weight excluding hydrogens is 195 g/mol. The maximum absolute atomic E-state index is 13.2. The van der Waals surface area contributed by atoms with E-state index in [0.29, 0.717) is 5.56 Å². The van der Waals surface area contributed by atoms with Crippen LogP contribution in [-0.4, -0.2) is 11.1 Å². The van der Waals surface area contributed by atoms with Crippen LogP contribution in [0.3, 0.4) is 0 Å². The highest BCUT2D eigenvalue weighted by molar-refractivity contribution is 5.93. The Bertz CT molecular complexity index is 433. The zero-order valence-electron chi connectivity index (χ0n) is 8.97. The van der Waals surface area contributed by atoms with E-state index in [1.807, 2.05) is 26.0 Å². The molecule has 2 nitrogen and oxygen atoms in total. The topological polar surface area (TPSA) is 37.3 Å². The molecule has 0 saturated heterocycles. The van der Waals surface area contributed by atoms with Gasteiger partial charge in [0.2, 0.25) is 5.83 Å². The van der Waals surface area contributed by atoms with Crippen LogP contribution in [0, 0.1) is 13.8 Å². The Hall–Kier alpha value is -1.64. The molecule has 1 N–H and O–H groups in total. The second-order valence-electron chi connectivity index (χ2n) is 3.56. The van der Waals surface area contributed by atoms with Gasteiger partial charge in [0.05, 0.1) is 0 Å². The van der Waals surface area contributed by atoms with Crippen molar-refractivity contribution in [1.82, 2.24) is 0 Å². The summed E-state index contributed by atoms with van der Waals surface area (Å²) in [6.07, 6.45) is 0. The van der Waals surface area contributed by atoms with Gasteiger partial charge in [-0.05, 0) is 37.5 Å². The molecule has 0 unspecified atom stereocenters. The molecule has 0 spiro atoms. The predicted octanol–water partition coefficient (Wildman–Crippen LogP) is 3.09. The van der Waals surface area contributed by atoms with Crippen LogP contribution in [0.4, 0.5) is 4.39 Å². The summed E-state index contributed by atoms with van der Waals surface area (Å²) >= 11 is 0. The summed E-state index contributed by atoms with van der Waals surface area (Å²) in [5, 5.41) is 8.53. The lowest BCUT2D eigenvalue weighted by Crippen LogP contribution is -1.99. The highest BCUT2D eigenvalue weighted by Crippen LogP contribution is 2.23. The van der Waals surface area contributed by atoms with Gasteiger partial charge in [-0.3, -0.25) is 0 Å². The second-order valence-corrected chi connectivity index (χ2v) is 3.56. The predicted molar refractivity (Wildman–Crippen MR) is 57.3 cm³/mol. The quantitative estimate of drug-likeness (QED) is 0.758. The van der Waals surface area contributed by atoms with Crippen LogP contribution >= 0.6 is 0 Å². The lowest BCUT2D eigenvalue weighted by Gasteiger charge is -2.07. The summed E-state index contributed by atoms with van der Waals surface area (Å²) in [7, 11) is 0. The van der Waals surface area contributed by atoms with Gasteiger partial charge in [-0.2, -0.15) is 4.39 Å². The van der Waals surface area contributed by atoms with Gasteiger partial charge in [0.15, 0.2) is 0 Å². The Morgan fingerprint density at radius 3 is 2.40 bits per heavy atom. The maximum Gasteiger partial charge on any atom is 0.365 e. The first-order valence-corrected chi connectivity index (χ1v) is 4.60. The van der Waals surface area contributed by atoms with Crippen LogP contribution in [0.25, 0.3) is 5.57 Å². The van der Waals surface area contributed by atoms with Gasteiger partial charge >= 0.3 is 5.97 Å². The summed E-state index contributed by atoms with van der Waals surface area (Å²) in [5.41, 5.74) is 2.75. The third-order valence-corrected chi connectivity index (χ3v) is 2.30. The molecule has 0 aliphatic heterocycles. The van der Waals surface area contributed by atoms with E-state index in [-0.39, 0.29) is 5.57 Å². The van der Waals surface area contributed by atoms with Crippen LogP contribution in [0.1, 0.15) is 23.6 Å². The minimum atomic E-state index is -1.52. The molecule has 80 valence electrons. The molecule has 1 aromatic carbocycles. The van der Waals surface area contributed by atoms with E-state index < -0.39 is 11.8 Å². The van der Waals surface area contributed by atoms with Crippen LogP contribution < -0.4 is 0 Å². The number of allylic oxidation sites excluding steroid dienone is 1. The molecule has 15 heavy (non-hydrogen) atoms. The smallest absolute Gasteiger partial charge is 0.365 e. The molecule has 0 radical (unpaired) electrons. The first-order chi connectivity index (χ1) is 6.93. The number of carbonyl (C=O) groups is 1. The molecule has 0 aromatic heterocycles. The number of aliphatic carboxylic acids is 1. The molecular formula is C12H13FO2. The van der Waals surface area contributed by atoms with E-state index in [2.05, 4.69) is 0 Å². The van der Waals surface area contributed by atoms with Gasteiger partial charge in [-0.1, -0.05) is 23.8 Å². The van der Waals surface area contributed by atoms with Crippen LogP contribution in [0.5, 0.6) is 0 Å².